The standard InChI is InChI=1S/C23H25NO6/c1-28-18-8-9-21(29-2)19(13-18)20(25)15-30-23(27)17-12-22(26)24(14-17)11-10-16-6-4-3-5-7-16/h3-9,13,17H,10-12,14-15H2,1-2H3/t17-/m1/s1. The van der Waals surface area contributed by atoms with Gasteiger partial charge in [0.15, 0.2) is 6.61 Å². The number of nitrogens with zero attached hydrogens (tertiary/aromatic N) is 1. The van der Waals surface area contributed by atoms with Crippen molar-refractivity contribution >= 4 is 17.7 Å². The van der Waals surface area contributed by atoms with Gasteiger partial charge in [0.2, 0.25) is 11.7 Å². The van der Waals surface area contributed by atoms with Crippen LogP contribution in [0.3, 0.4) is 0 Å². The normalized spacial score (nSPS) is 15.7. The SMILES string of the molecule is COc1ccc(OC)c(C(=O)COC(=O)[C@@H]2CC(=O)N(CCc3ccccc3)C2)c1. The van der Waals surface area contributed by atoms with Gasteiger partial charge in [0.05, 0.1) is 25.7 Å². The van der Waals surface area contributed by atoms with E-state index in [0.717, 1.165) is 12.0 Å². The molecule has 1 aliphatic rings. The molecule has 2 aromatic rings. The van der Waals surface area contributed by atoms with Crippen molar-refractivity contribution in [2.75, 3.05) is 33.9 Å². The van der Waals surface area contributed by atoms with Crippen molar-refractivity contribution in [3.8, 4) is 11.5 Å². The zero-order chi connectivity index (χ0) is 21.5. The van der Waals surface area contributed by atoms with Crippen molar-refractivity contribution < 1.29 is 28.6 Å². The number of methoxy groups -OCH3 is 2. The number of rotatable bonds is 9. The molecule has 1 atom stereocenters. The molecule has 1 aliphatic heterocycles. The molecule has 3 rings (SSSR count). The molecule has 0 spiro atoms. The fourth-order valence-electron chi connectivity index (χ4n) is 3.42. The molecule has 1 heterocycles. The van der Waals surface area contributed by atoms with Crippen LogP contribution in [0.25, 0.3) is 0 Å². The summed E-state index contributed by atoms with van der Waals surface area (Å²) in [5.74, 6) is -0.701. The number of hydrogen-bond acceptors (Lipinski definition) is 6. The summed E-state index contributed by atoms with van der Waals surface area (Å²) in [6, 6.07) is 14.7. The minimum absolute atomic E-state index is 0.0753. The Morgan fingerprint density at radius 1 is 1.07 bits per heavy atom. The van der Waals surface area contributed by atoms with Gasteiger partial charge < -0.3 is 19.1 Å². The lowest BCUT2D eigenvalue weighted by Gasteiger charge is -2.16. The van der Waals surface area contributed by atoms with Gasteiger partial charge in [0.1, 0.15) is 11.5 Å². The smallest absolute Gasteiger partial charge is 0.311 e. The Kier molecular flexibility index (Phi) is 7.06. The lowest BCUT2D eigenvalue weighted by Crippen LogP contribution is -2.29. The second-order valence-corrected chi connectivity index (χ2v) is 7.07. The average molecular weight is 411 g/mol. The van der Waals surface area contributed by atoms with Crippen molar-refractivity contribution in [2.45, 2.75) is 12.8 Å². The predicted molar refractivity (Wildman–Crippen MR) is 110 cm³/mol. The van der Waals surface area contributed by atoms with Crippen LogP contribution in [0.5, 0.6) is 11.5 Å². The fraction of sp³-hybridized carbons (Fsp3) is 0.348. The maximum Gasteiger partial charge on any atom is 0.311 e. The second-order valence-electron chi connectivity index (χ2n) is 7.07. The Morgan fingerprint density at radius 3 is 2.53 bits per heavy atom. The molecular weight excluding hydrogens is 386 g/mol. The molecule has 2 aromatic carbocycles. The molecule has 1 saturated heterocycles. The number of amides is 1. The molecule has 0 saturated carbocycles. The van der Waals surface area contributed by atoms with E-state index < -0.39 is 24.3 Å². The van der Waals surface area contributed by atoms with Crippen LogP contribution < -0.4 is 9.47 Å². The number of benzene rings is 2. The van der Waals surface area contributed by atoms with Crippen LogP contribution in [0.2, 0.25) is 0 Å². The highest BCUT2D eigenvalue weighted by atomic mass is 16.5. The van der Waals surface area contributed by atoms with Gasteiger partial charge in [-0.25, -0.2) is 0 Å². The zero-order valence-corrected chi connectivity index (χ0v) is 17.1. The minimum atomic E-state index is -0.562. The molecule has 1 amide bonds. The van der Waals surface area contributed by atoms with Crippen LogP contribution in [0.4, 0.5) is 0 Å². The van der Waals surface area contributed by atoms with Crippen LogP contribution >= 0.6 is 0 Å². The third kappa shape index (κ3) is 5.17. The van der Waals surface area contributed by atoms with E-state index in [1.807, 2.05) is 30.3 Å². The van der Waals surface area contributed by atoms with Crippen LogP contribution in [0.1, 0.15) is 22.3 Å². The highest BCUT2D eigenvalue weighted by molar-refractivity contribution is 6.01. The molecule has 0 N–H and O–H groups in total. The lowest BCUT2D eigenvalue weighted by atomic mass is 10.1. The van der Waals surface area contributed by atoms with Gasteiger partial charge in [-0.2, -0.15) is 0 Å². The predicted octanol–water partition coefficient (Wildman–Crippen LogP) is 2.52. The van der Waals surface area contributed by atoms with E-state index in [2.05, 4.69) is 0 Å². The molecule has 30 heavy (non-hydrogen) atoms. The molecule has 0 aromatic heterocycles. The van der Waals surface area contributed by atoms with Crippen LogP contribution in [-0.2, 0) is 20.7 Å². The van der Waals surface area contributed by atoms with E-state index in [0.29, 0.717) is 24.6 Å². The molecule has 7 nitrogen and oxygen atoms in total. The molecule has 1 fully saturated rings. The van der Waals surface area contributed by atoms with Gasteiger partial charge in [-0.1, -0.05) is 30.3 Å². The summed E-state index contributed by atoms with van der Waals surface area (Å²) in [4.78, 5) is 38.8. The first kappa shape index (κ1) is 21.4. The van der Waals surface area contributed by atoms with Crippen LogP contribution in [-0.4, -0.2) is 56.5 Å². The van der Waals surface area contributed by atoms with E-state index >= 15 is 0 Å². The summed E-state index contributed by atoms with van der Waals surface area (Å²) >= 11 is 0. The van der Waals surface area contributed by atoms with E-state index in [1.165, 1.54) is 14.2 Å². The van der Waals surface area contributed by atoms with Crippen molar-refractivity contribution in [2.24, 2.45) is 5.92 Å². The summed E-state index contributed by atoms with van der Waals surface area (Å²) in [6.07, 6.45) is 0.826. The van der Waals surface area contributed by atoms with Crippen molar-refractivity contribution in [3.05, 3.63) is 59.7 Å². The van der Waals surface area contributed by atoms with E-state index in [4.69, 9.17) is 14.2 Å². The number of likely N-dealkylation sites (tertiary alicyclic amines) is 1. The molecule has 0 radical (unpaired) electrons. The third-order valence-corrected chi connectivity index (χ3v) is 5.11. The quantitative estimate of drug-likeness (QED) is 0.466. The second kappa shape index (κ2) is 9.91. The highest BCUT2D eigenvalue weighted by Gasteiger charge is 2.35. The Labute approximate surface area is 175 Å². The van der Waals surface area contributed by atoms with Crippen LogP contribution in [0.15, 0.2) is 48.5 Å². The summed E-state index contributed by atoms with van der Waals surface area (Å²) in [5.41, 5.74) is 1.41. The van der Waals surface area contributed by atoms with Crippen molar-refractivity contribution in [1.29, 1.82) is 0 Å². The molecule has 7 heteroatoms. The van der Waals surface area contributed by atoms with Gasteiger partial charge in [-0.05, 0) is 30.2 Å². The zero-order valence-electron chi connectivity index (χ0n) is 17.1. The average Bonchev–Trinajstić information content (AvgIpc) is 3.16. The number of ether oxygens (including phenoxy) is 3. The number of carbonyl (C=O) groups is 3. The first-order valence-corrected chi connectivity index (χ1v) is 9.75. The molecular formula is C23H25NO6. The first-order valence-electron chi connectivity index (χ1n) is 9.75. The number of ketones is 1. The number of hydrogen-bond donors (Lipinski definition) is 0. The van der Waals surface area contributed by atoms with E-state index in [1.54, 1.807) is 23.1 Å². The van der Waals surface area contributed by atoms with Gasteiger partial charge in [-0.3, -0.25) is 14.4 Å². The monoisotopic (exact) mass is 411 g/mol. The number of Topliss-reactive ketones (excluding diaryl/α,β-unsaturated/α-hetero) is 1. The number of carbonyl (C=O) groups excluding carboxylic acids is 3. The fourth-order valence-corrected chi connectivity index (χ4v) is 3.42. The maximum atomic E-state index is 12.5. The maximum absolute atomic E-state index is 12.5. The Morgan fingerprint density at radius 2 is 1.83 bits per heavy atom. The summed E-state index contributed by atoms with van der Waals surface area (Å²) in [5, 5.41) is 0. The van der Waals surface area contributed by atoms with E-state index in [-0.39, 0.29) is 17.9 Å². The Balaban J connectivity index is 1.53. The lowest BCUT2D eigenvalue weighted by molar-refractivity contribution is -0.147. The topological polar surface area (TPSA) is 82.1 Å². The minimum Gasteiger partial charge on any atom is -0.497 e. The van der Waals surface area contributed by atoms with E-state index in [9.17, 15) is 14.4 Å². The molecule has 158 valence electrons. The van der Waals surface area contributed by atoms with Gasteiger partial charge in [0.25, 0.3) is 0 Å². The van der Waals surface area contributed by atoms with Gasteiger partial charge >= 0.3 is 5.97 Å². The largest absolute Gasteiger partial charge is 0.497 e. The van der Waals surface area contributed by atoms with Crippen molar-refractivity contribution in [3.63, 3.8) is 0 Å². The highest BCUT2D eigenvalue weighted by Crippen LogP contribution is 2.25. The Bertz CT molecular complexity index is 911. The van der Waals surface area contributed by atoms with Gasteiger partial charge in [-0.15, -0.1) is 0 Å². The van der Waals surface area contributed by atoms with Gasteiger partial charge in [0, 0.05) is 19.5 Å². The van der Waals surface area contributed by atoms with Crippen LogP contribution in [0, 0.1) is 5.92 Å². The third-order valence-electron chi connectivity index (χ3n) is 5.11. The Hall–Kier alpha value is -3.35. The van der Waals surface area contributed by atoms with Crippen molar-refractivity contribution in [1.82, 2.24) is 4.90 Å². The molecule has 0 unspecified atom stereocenters. The first-order chi connectivity index (χ1) is 14.5. The molecule has 0 aliphatic carbocycles. The summed E-state index contributed by atoms with van der Waals surface area (Å²) in [7, 11) is 2.95. The summed E-state index contributed by atoms with van der Waals surface area (Å²) in [6.45, 7) is 0.435. The number of esters is 1. The summed E-state index contributed by atoms with van der Waals surface area (Å²) < 4.78 is 15.5. The molecule has 0 bridgehead atoms.